The highest BCUT2D eigenvalue weighted by atomic mass is 127. The fourth-order valence-electron chi connectivity index (χ4n) is 3.36. The highest BCUT2D eigenvalue weighted by Crippen LogP contribution is 2.38. The minimum Gasteiger partial charge on any atom is -0.310 e. The first-order valence-corrected chi connectivity index (χ1v) is 9.19. The lowest BCUT2D eigenvalue weighted by molar-refractivity contribution is 0.231. The molecule has 1 aromatic rings. The molecule has 0 aromatic heterocycles. The molecular weight excluding hydrogens is 357 g/mol. The van der Waals surface area contributed by atoms with Crippen LogP contribution in [0.15, 0.2) is 18.2 Å². The number of benzene rings is 1. The maximum absolute atomic E-state index is 3.83. The van der Waals surface area contributed by atoms with Crippen LogP contribution in [0.4, 0.5) is 0 Å². The van der Waals surface area contributed by atoms with E-state index in [1.807, 2.05) is 0 Å². The second-order valence-corrected chi connectivity index (χ2v) is 7.51. The van der Waals surface area contributed by atoms with E-state index in [9.17, 15) is 0 Å². The summed E-state index contributed by atoms with van der Waals surface area (Å²) in [5, 5.41) is 3.83. The number of hydrogen-bond acceptors (Lipinski definition) is 1. The Morgan fingerprint density at radius 3 is 2.60 bits per heavy atom. The van der Waals surface area contributed by atoms with Gasteiger partial charge in [-0.15, -0.1) is 0 Å². The molecule has 0 saturated heterocycles. The van der Waals surface area contributed by atoms with Crippen molar-refractivity contribution in [2.45, 2.75) is 58.9 Å². The Kier molecular flexibility index (Phi) is 6.34. The molecule has 1 aliphatic rings. The average molecular weight is 385 g/mol. The Morgan fingerprint density at radius 2 is 1.95 bits per heavy atom. The van der Waals surface area contributed by atoms with Crippen molar-refractivity contribution >= 4 is 22.6 Å². The van der Waals surface area contributed by atoms with E-state index >= 15 is 0 Å². The van der Waals surface area contributed by atoms with Gasteiger partial charge in [-0.25, -0.2) is 0 Å². The molecule has 0 bridgehead atoms. The molecule has 20 heavy (non-hydrogen) atoms. The summed E-state index contributed by atoms with van der Waals surface area (Å²) in [4.78, 5) is 0. The van der Waals surface area contributed by atoms with Crippen LogP contribution in [0.1, 0.15) is 63.1 Å². The summed E-state index contributed by atoms with van der Waals surface area (Å²) in [6.07, 6.45) is 6.77. The lowest BCUT2D eigenvalue weighted by Crippen LogP contribution is -2.32. The van der Waals surface area contributed by atoms with Crippen LogP contribution in [-0.4, -0.2) is 6.54 Å². The molecule has 1 aliphatic carbocycles. The molecule has 2 rings (SSSR count). The van der Waals surface area contributed by atoms with Crippen molar-refractivity contribution in [2.24, 2.45) is 11.8 Å². The smallest absolute Gasteiger partial charge is 0.0359 e. The van der Waals surface area contributed by atoms with Gasteiger partial charge in [0.1, 0.15) is 0 Å². The molecule has 1 unspecified atom stereocenters. The van der Waals surface area contributed by atoms with Crippen LogP contribution in [0.3, 0.4) is 0 Å². The van der Waals surface area contributed by atoms with Crippen LogP contribution in [0, 0.1) is 22.3 Å². The van der Waals surface area contributed by atoms with Crippen molar-refractivity contribution in [3.8, 4) is 0 Å². The van der Waals surface area contributed by atoms with Gasteiger partial charge in [0.05, 0.1) is 0 Å². The summed E-state index contributed by atoms with van der Waals surface area (Å²) in [5.41, 5.74) is 2.94. The van der Waals surface area contributed by atoms with E-state index in [0.717, 1.165) is 18.4 Å². The highest BCUT2D eigenvalue weighted by molar-refractivity contribution is 14.1. The van der Waals surface area contributed by atoms with Gasteiger partial charge >= 0.3 is 0 Å². The minimum atomic E-state index is 0.550. The van der Waals surface area contributed by atoms with Gasteiger partial charge in [0, 0.05) is 9.61 Å². The van der Waals surface area contributed by atoms with Crippen LogP contribution in [0.2, 0.25) is 0 Å². The quantitative estimate of drug-likeness (QED) is 0.663. The van der Waals surface area contributed by atoms with Gasteiger partial charge in [-0.1, -0.05) is 44.9 Å². The summed E-state index contributed by atoms with van der Waals surface area (Å²) in [6, 6.07) is 7.33. The van der Waals surface area contributed by atoms with Gasteiger partial charge in [-0.05, 0) is 78.3 Å². The Bertz CT molecular complexity index is 421. The van der Waals surface area contributed by atoms with Crippen molar-refractivity contribution < 1.29 is 0 Å². The van der Waals surface area contributed by atoms with Crippen molar-refractivity contribution in [1.29, 1.82) is 0 Å². The lowest BCUT2D eigenvalue weighted by atomic mass is 9.77. The molecule has 112 valence electrons. The van der Waals surface area contributed by atoms with Crippen LogP contribution in [-0.2, 0) is 0 Å². The zero-order valence-electron chi connectivity index (χ0n) is 13.1. The summed E-state index contributed by atoms with van der Waals surface area (Å²) in [6.45, 7) is 8.02. The standard InChI is InChI=1S/C18H28IN/c1-4-12-20-18(15-10-8-13(2)9-11-15)16-7-5-6-14(3)17(16)19/h5-7,13,15,18,20H,4,8-12H2,1-3H3. The highest BCUT2D eigenvalue weighted by Gasteiger charge is 2.28. The zero-order chi connectivity index (χ0) is 14.5. The number of aryl methyl sites for hydroxylation is 1. The monoisotopic (exact) mass is 385 g/mol. The van der Waals surface area contributed by atoms with Crippen LogP contribution < -0.4 is 5.32 Å². The fraction of sp³-hybridized carbons (Fsp3) is 0.667. The average Bonchev–Trinajstić information content (AvgIpc) is 2.45. The third-order valence-electron chi connectivity index (χ3n) is 4.70. The fourth-order valence-corrected chi connectivity index (χ4v) is 4.05. The van der Waals surface area contributed by atoms with Gasteiger partial charge in [-0.3, -0.25) is 0 Å². The molecule has 1 saturated carbocycles. The molecular formula is C18H28IN. The molecule has 1 fully saturated rings. The zero-order valence-corrected chi connectivity index (χ0v) is 15.2. The van der Waals surface area contributed by atoms with E-state index in [1.165, 1.54) is 46.8 Å². The summed E-state index contributed by atoms with van der Waals surface area (Å²) in [5.74, 6) is 1.74. The molecule has 1 nitrogen and oxygen atoms in total. The van der Waals surface area contributed by atoms with Crippen LogP contribution >= 0.6 is 22.6 Å². The first-order valence-electron chi connectivity index (χ1n) is 8.11. The third kappa shape index (κ3) is 3.97. The van der Waals surface area contributed by atoms with E-state index < -0.39 is 0 Å². The van der Waals surface area contributed by atoms with Crippen molar-refractivity contribution in [2.75, 3.05) is 6.54 Å². The number of halogens is 1. The number of rotatable bonds is 5. The molecule has 0 aliphatic heterocycles. The van der Waals surface area contributed by atoms with Crippen LogP contribution in [0.5, 0.6) is 0 Å². The maximum atomic E-state index is 3.83. The van der Waals surface area contributed by atoms with Crippen molar-refractivity contribution in [3.63, 3.8) is 0 Å². The van der Waals surface area contributed by atoms with E-state index in [2.05, 4.69) is 66.9 Å². The van der Waals surface area contributed by atoms with Gasteiger partial charge in [-0.2, -0.15) is 0 Å². The predicted molar refractivity (Wildman–Crippen MR) is 96.1 cm³/mol. The third-order valence-corrected chi connectivity index (χ3v) is 6.18. The molecule has 0 amide bonds. The summed E-state index contributed by atoms with van der Waals surface area (Å²) in [7, 11) is 0. The minimum absolute atomic E-state index is 0.550. The Labute approximate surface area is 138 Å². The predicted octanol–water partition coefficient (Wildman–Crippen LogP) is 5.47. The SMILES string of the molecule is CCCNC(c1cccc(C)c1I)C1CCC(C)CC1. The molecule has 0 spiro atoms. The number of nitrogens with one attached hydrogen (secondary N) is 1. The Morgan fingerprint density at radius 1 is 1.25 bits per heavy atom. The topological polar surface area (TPSA) is 12.0 Å². The summed E-state index contributed by atoms with van der Waals surface area (Å²) < 4.78 is 1.46. The van der Waals surface area contributed by atoms with E-state index in [1.54, 1.807) is 0 Å². The molecule has 1 atom stereocenters. The lowest BCUT2D eigenvalue weighted by Gasteiger charge is -2.34. The second-order valence-electron chi connectivity index (χ2n) is 6.43. The second kappa shape index (κ2) is 7.79. The molecule has 0 radical (unpaired) electrons. The van der Waals surface area contributed by atoms with E-state index in [0.29, 0.717) is 6.04 Å². The van der Waals surface area contributed by atoms with Gasteiger partial charge in [0.25, 0.3) is 0 Å². The Hall–Kier alpha value is -0.0900. The van der Waals surface area contributed by atoms with Crippen molar-refractivity contribution in [1.82, 2.24) is 5.32 Å². The van der Waals surface area contributed by atoms with Crippen LogP contribution in [0.25, 0.3) is 0 Å². The summed E-state index contributed by atoms with van der Waals surface area (Å²) >= 11 is 2.53. The van der Waals surface area contributed by atoms with Gasteiger partial charge in [0.15, 0.2) is 0 Å². The first-order chi connectivity index (χ1) is 9.63. The van der Waals surface area contributed by atoms with E-state index in [4.69, 9.17) is 0 Å². The molecule has 2 heteroatoms. The molecule has 1 N–H and O–H groups in total. The number of hydrogen-bond donors (Lipinski definition) is 1. The maximum Gasteiger partial charge on any atom is 0.0359 e. The van der Waals surface area contributed by atoms with Gasteiger partial charge in [0.2, 0.25) is 0 Å². The normalized spacial score (nSPS) is 24.6. The van der Waals surface area contributed by atoms with E-state index in [-0.39, 0.29) is 0 Å². The largest absolute Gasteiger partial charge is 0.310 e. The Balaban J connectivity index is 2.20. The molecule has 1 aromatic carbocycles. The first kappa shape index (κ1) is 16.3. The van der Waals surface area contributed by atoms with Gasteiger partial charge < -0.3 is 5.32 Å². The van der Waals surface area contributed by atoms with Crippen molar-refractivity contribution in [3.05, 3.63) is 32.9 Å². The molecule has 0 heterocycles.